The Balaban J connectivity index is 0.000000892. The van der Waals surface area contributed by atoms with Crippen molar-refractivity contribution in [3.05, 3.63) is 0 Å². The fourth-order valence-electron chi connectivity index (χ4n) is 6.77. The first-order chi connectivity index (χ1) is 12.6. The molecule has 2 heteroatoms. The predicted octanol–water partition coefficient (Wildman–Crippen LogP) is 8.05. The van der Waals surface area contributed by atoms with Gasteiger partial charge in [-0.3, -0.25) is 4.79 Å². The molecular formula is C26H50O2. The fraction of sp³-hybridized carbons (Fsp3) is 0.962. The zero-order valence-corrected chi connectivity index (χ0v) is 20.7. The number of rotatable bonds is 4. The molecule has 0 aliphatic heterocycles. The van der Waals surface area contributed by atoms with Gasteiger partial charge in [-0.25, -0.2) is 0 Å². The van der Waals surface area contributed by atoms with Gasteiger partial charge in [-0.2, -0.15) is 0 Å². The molecule has 2 rings (SSSR count). The lowest BCUT2D eigenvalue weighted by molar-refractivity contribution is -0.134. The third-order valence-corrected chi connectivity index (χ3v) is 8.87. The summed E-state index contributed by atoms with van der Waals surface area (Å²) < 4.78 is 0. The van der Waals surface area contributed by atoms with E-state index in [1.165, 1.54) is 44.9 Å². The molecule has 0 saturated heterocycles. The van der Waals surface area contributed by atoms with Crippen LogP contribution in [0.5, 0.6) is 0 Å². The highest BCUT2D eigenvalue weighted by molar-refractivity contribution is 5.62. The second kappa shape index (κ2) is 9.52. The summed E-state index contributed by atoms with van der Waals surface area (Å²) in [4.78, 5) is 9.00. The first-order valence-electron chi connectivity index (χ1n) is 11.8. The average molecular weight is 395 g/mol. The molecule has 0 aromatic carbocycles. The van der Waals surface area contributed by atoms with E-state index in [-0.39, 0.29) is 0 Å². The van der Waals surface area contributed by atoms with Gasteiger partial charge in [0.15, 0.2) is 0 Å². The minimum atomic E-state index is -0.833. The van der Waals surface area contributed by atoms with Crippen LogP contribution >= 0.6 is 0 Å². The Morgan fingerprint density at radius 2 is 1.64 bits per heavy atom. The average Bonchev–Trinajstić information content (AvgIpc) is 2.50. The van der Waals surface area contributed by atoms with Crippen LogP contribution in [0.2, 0.25) is 0 Å². The lowest BCUT2D eigenvalue weighted by Crippen LogP contribution is -2.51. The monoisotopic (exact) mass is 394 g/mol. The van der Waals surface area contributed by atoms with E-state index in [9.17, 15) is 0 Å². The highest BCUT2D eigenvalue weighted by Gasteiger charge is 2.53. The maximum absolute atomic E-state index is 9.00. The molecule has 2 saturated carbocycles. The summed E-state index contributed by atoms with van der Waals surface area (Å²) in [6.45, 7) is 23.7. The van der Waals surface area contributed by atoms with Crippen LogP contribution in [0.4, 0.5) is 0 Å². The van der Waals surface area contributed by atoms with E-state index in [0.717, 1.165) is 36.5 Å². The number of fused-ring (bicyclic) bond motifs is 1. The van der Waals surface area contributed by atoms with Gasteiger partial charge in [-0.05, 0) is 71.5 Å². The summed E-state index contributed by atoms with van der Waals surface area (Å²) in [5, 5.41) is 7.42. The summed E-state index contributed by atoms with van der Waals surface area (Å²) in [7, 11) is 0. The molecule has 6 atom stereocenters. The highest BCUT2D eigenvalue weighted by atomic mass is 16.4. The number of hydrogen-bond acceptors (Lipinski definition) is 1. The van der Waals surface area contributed by atoms with Gasteiger partial charge >= 0.3 is 0 Å². The molecule has 0 aromatic rings. The predicted molar refractivity (Wildman–Crippen MR) is 121 cm³/mol. The van der Waals surface area contributed by atoms with E-state index in [1.54, 1.807) is 0 Å². The van der Waals surface area contributed by atoms with E-state index >= 15 is 0 Å². The zero-order valence-electron chi connectivity index (χ0n) is 20.7. The Morgan fingerprint density at radius 1 is 1.11 bits per heavy atom. The summed E-state index contributed by atoms with van der Waals surface area (Å²) in [6.07, 6.45) is 10.2. The molecule has 0 amide bonds. The van der Waals surface area contributed by atoms with Crippen LogP contribution in [0.25, 0.3) is 0 Å². The molecule has 0 heterocycles. The topological polar surface area (TPSA) is 37.3 Å². The van der Waals surface area contributed by atoms with Crippen molar-refractivity contribution in [1.29, 1.82) is 0 Å². The van der Waals surface area contributed by atoms with E-state index in [1.807, 2.05) is 0 Å². The lowest BCUT2D eigenvalue weighted by Gasteiger charge is -2.59. The molecule has 2 aliphatic rings. The highest BCUT2D eigenvalue weighted by Crippen LogP contribution is 2.62. The van der Waals surface area contributed by atoms with Gasteiger partial charge in [0.1, 0.15) is 0 Å². The summed E-state index contributed by atoms with van der Waals surface area (Å²) >= 11 is 0. The summed E-state index contributed by atoms with van der Waals surface area (Å²) in [5.41, 5.74) is 1.61. The van der Waals surface area contributed by atoms with Gasteiger partial charge in [0.05, 0.1) is 0 Å². The molecule has 2 fully saturated rings. The standard InChI is InChI=1S/C24H46.C2H4O2/c1-17(19(3)22(4,5)6)11-13-20-18(2)12-14-21-23(7,8)15-10-16-24(20,21)9;1-2(3)4/h17-21H,10-16H2,1-9H3;1H3,(H,3,4)/t17-,18-,19?,20-,21-,24+;/m0./s1. The number of carboxylic acids is 1. The molecule has 2 aliphatic carbocycles. The van der Waals surface area contributed by atoms with Crippen molar-refractivity contribution in [1.82, 2.24) is 0 Å². The largest absolute Gasteiger partial charge is 0.481 e. The molecule has 0 bridgehead atoms. The smallest absolute Gasteiger partial charge is 0.300 e. The Bertz CT molecular complexity index is 497. The van der Waals surface area contributed by atoms with Crippen molar-refractivity contribution in [2.24, 2.45) is 45.8 Å². The maximum atomic E-state index is 9.00. The van der Waals surface area contributed by atoms with Gasteiger partial charge in [0.2, 0.25) is 0 Å². The minimum absolute atomic E-state index is 0.441. The second-order valence-electron chi connectivity index (χ2n) is 12.3. The van der Waals surface area contributed by atoms with Crippen LogP contribution in [0, 0.1) is 45.8 Å². The molecule has 0 radical (unpaired) electrons. The van der Waals surface area contributed by atoms with Crippen LogP contribution in [-0.2, 0) is 4.79 Å². The van der Waals surface area contributed by atoms with Crippen LogP contribution in [-0.4, -0.2) is 11.1 Å². The van der Waals surface area contributed by atoms with Crippen molar-refractivity contribution in [3.63, 3.8) is 0 Å². The van der Waals surface area contributed by atoms with Crippen LogP contribution in [0.1, 0.15) is 114 Å². The Labute approximate surface area is 176 Å². The summed E-state index contributed by atoms with van der Waals surface area (Å²) in [5.74, 6) is 3.65. The third kappa shape index (κ3) is 6.23. The van der Waals surface area contributed by atoms with Gasteiger partial charge in [-0.1, -0.05) is 81.6 Å². The maximum Gasteiger partial charge on any atom is 0.300 e. The van der Waals surface area contributed by atoms with Gasteiger partial charge in [-0.15, -0.1) is 0 Å². The quantitative estimate of drug-likeness (QED) is 0.523. The van der Waals surface area contributed by atoms with Gasteiger partial charge in [0, 0.05) is 6.92 Å². The van der Waals surface area contributed by atoms with E-state index < -0.39 is 5.97 Å². The van der Waals surface area contributed by atoms with Crippen molar-refractivity contribution >= 4 is 5.97 Å². The fourth-order valence-corrected chi connectivity index (χ4v) is 6.77. The SMILES string of the molecule is CC(=O)O.CC([C@@H](C)CC[C@H]1[C@@H](C)CC[C@H]2C(C)(C)CCC[C@]12C)C(C)(C)C. The first-order valence-corrected chi connectivity index (χ1v) is 11.8. The Kier molecular flexibility index (Phi) is 8.67. The Morgan fingerprint density at radius 3 is 2.14 bits per heavy atom. The number of hydrogen-bond donors (Lipinski definition) is 1. The van der Waals surface area contributed by atoms with Crippen molar-refractivity contribution < 1.29 is 9.90 Å². The van der Waals surface area contributed by atoms with Gasteiger partial charge < -0.3 is 5.11 Å². The molecular weight excluding hydrogens is 344 g/mol. The molecule has 2 nitrogen and oxygen atoms in total. The molecule has 0 aromatic heterocycles. The van der Waals surface area contributed by atoms with E-state index in [2.05, 4.69) is 62.3 Å². The minimum Gasteiger partial charge on any atom is -0.481 e. The first kappa shape index (κ1) is 25.5. The molecule has 28 heavy (non-hydrogen) atoms. The number of aliphatic carboxylic acids is 1. The molecule has 1 N–H and O–H groups in total. The lowest BCUT2D eigenvalue weighted by atomic mass is 9.46. The van der Waals surface area contributed by atoms with Crippen molar-refractivity contribution in [2.45, 2.75) is 114 Å². The van der Waals surface area contributed by atoms with Crippen molar-refractivity contribution in [3.8, 4) is 0 Å². The van der Waals surface area contributed by atoms with Gasteiger partial charge in [0.25, 0.3) is 5.97 Å². The second-order valence-corrected chi connectivity index (χ2v) is 12.3. The van der Waals surface area contributed by atoms with E-state index in [4.69, 9.17) is 9.90 Å². The number of carbonyl (C=O) groups is 1. The Hall–Kier alpha value is -0.530. The van der Waals surface area contributed by atoms with E-state index in [0.29, 0.717) is 16.2 Å². The van der Waals surface area contributed by atoms with Crippen LogP contribution in [0.15, 0.2) is 0 Å². The van der Waals surface area contributed by atoms with Crippen LogP contribution < -0.4 is 0 Å². The summed E-state index contributed by atoms with van der Waals surface area (Å²) in [6, 6.07) is 0. The number of carboxylic acid groups (broad SMARTS) is 1. The molecule has 0 spiro atoms. The van der Waals surface area contributed by atoms with Crippen molar-refractivity contribution in [2.75, 3.05) is 0 Å². The third-order valence-electron chi connectivity index (χ3n) is 8.87. The zero-order chi connectivity index (χ0) is 21.9. The molecule has 166 valence electrons. The van der Waals surface area contributed by atoms with Crippen LogP contribution in [0.3, 0.4) is 0 Å². The molecule has 1 unspecified atom stereocenters. The normalized spacial score (nSPS) is 34.4.